The molecule has 3 aromatic rings. The fraction of sp³-hybridized carbons (Fsp3) is 0.346. The van der Waals surface area contributed by atoms with Crippen LogP contribution < -0.4 is 11.1 Å². The number of amides is 1. The Morgan fingerprint density at radius 2 is 1.78 bits per heavy atom. The van der Waals surface area contributed by atoms with Crippen LogP contribution in [0.5, 0.6) is 0 Å². The molecule has 196 valence electrons. The third kappa shape index (κ3) is 6.05. The zero-order valence-corrected chi connectivity index (χ0v) is 19.7. The molecule has 0 saturated heterocycles. The fourth-order valence-corrected chi connectivity index (χ4v) is 4.47. The number of alkyl halides is 2. The minimum atomic E-state index is -2.95. The van der Waals surface area contributed by atoms with Crippen molar-refractivity contribution in [3.63, 3.8) is 0 Å². The van der Waals surface area contributed by atoms with Crippen LogP contribution in [0.25, 0.3) is 11.3 Å². The first-order valence-corrected chi connectivity index (χ1v) is 11.8. The minimum Gasteiger partial charge on any atom is -0.394 e. The molecule has 7 nitrogen and oxygen atoms in total. The van der Waals surface area contributed by atoms with Crippen molar-refractivity contribution in [2.75, 3.05) is 12.3 Å². The molecule has 0 spiro atoms. The number of nitrogen functional groups attached to an aromatic ring is 1. The highest BCUT2D eigenvalue weighted by atomic mass is 19.3. The van der Waals surface area contributed by atoms with Crippen molar-refractivity contribution >= 4 is 11.7 Å². The Hall–Kier alpha value is -3.57. The lowest BCUT2D eigenvalue weighted by Gasteiger charge is -2.25. The summed E-state index contributed by atoms with van der Waals surface area (Å²) in [6, 6.07) is 5.02. The Morgan fingerprint density at radius 1 is 1.08 bits per heavy atom. The molecule has 1 fully saturated rings. The standard InChI is InChI=1S/C26H26F4N4O3/c27-17-8-15(7-16(9-17)24(29)30)22(12-35)34-26(37)19-6-3-14(10-20(19)28)23-25(31)32-11-21(33-23)13-1-4-18(36)5-2-13/h3,6-11,13,18,22,24,35-36H,1-2,4-5,12H2,(H2,31,32)(H,34,37). The summed E-state index contributed by atoms with van der Waals surface area (Å²) in [6.07, 6.45) is 1.07. The molecule has 1 aliphatic carbocycles. The van der Waals surface area contributed by atoms with Crippen LogP contribution in [-0.2, 0) is 0 Å². The lowest BCUT2D eigenvalue weighted by atomic mass is 9.85. The minimum absolute atomic E-state index is 0.0810. The second-order valence-electron chi connectivity index (χ2n) is 9.06. The zero-order chi connectivity index (χ0) is 26.7. The van der Waals surface area contributed by atoms with Gasteiger partial charge in [-0.05, 0) is 61.6 Å². The molecule has 1 atom stereocenters. The third-order valence-electron chi connectivity index (χ3n) is 6.51. The van der Waals surface area contributed by atoms with Crippen LogP contribution in [0.3, 0.4) is 0 Å². The van der Waals surface area contributed by atoms with Gasteiger partial charge in [-0.3, -0.25) is 4.79 Å². The van der Waals surface area contributed by atoms with Gasteiger partial charge in [0.15, 0.2) is 0 Å². The molecule has 1 aliphatic rings. The number of rotatable bonds is 7. The molecule has 1 heterocycles. The molecule has 2 aromatic carbocycles. The number of hydrogen-bond acceptors (Lipinski definition) is 6. The van der Waals surface area contributed by atoms with Gasteiger partial charge in [-0.2, -0.15) is 0 Å². The van der Waals surface area contributed by atoms with E-state index < -0.39 is 42.2 Å². The van der Waals surface area contributed by atoms with E-state index in [2.05, 4.69) is 15.3 Å². The maximum atomic E-state index is 15.0. The van der Waals surface area contributed by atoms with Crippen molar-refractivity contribution in [3.8, 4) is 11.3 Å². The molecule has 1 saturated carbocycles. The van der Waals surface area contributed by atoms with Crippen molar-refractivity contribution in [2.45, 2.75) is 50.2 Å². The highest BCUT2D eigenvalue weighted by molar-refractivity contribution is 5.95. The van der Waals surface area contributed by atoms with E-state index >= 15 is 4.39 Å². The number of carbonyl (C=O) groups is 1. The molecule has 0 aliphatic heterocycles. The van der Waals surface area contributed by atoms with E-state index in [1.54, 1.807) is 6.20 Å². The van der Waals surface area contributed by atoms with Gasteiger partial charge < -0.3 is 21.3 Å². The first-order valence-electron chi connectivity index (χ1n) is 11.8. The van der Waals surface area contributed by atoms with Gasteiger partial charge in [-0.1, -0.05) is 6.07 Å². The summed E-state index contributed by atoms with van der Waals surface area (Å²) in [7, 11) is 0. The molecule has 37 heavy (non-hydrogen) atoms. The van der Waals surface area contributed by atoms with Crippen LogP contribution in [0.4, 0.5) is 23.4 Å². The number of nitrogens with zero attached hydrogens (tertiary/aromatic N) is 2. The van der Waals surface area contributed by atoms with E-state index in [0.29, 0.717) is 30.2 Å². The van der Waals surface area contributed by atoms with Gasteiger partial charge >= 0.3 is 0 Å². The molecule has 0 radical (unpaired) electrons. The smallest absolute Gasteiger partial charge is 0.263 e. The average Bonchev–Trinajstić information content (AvgIpc) is 2.87. The maximum Gasteiger partial charge on any atom is 0.263 e. The summed E-state index contributed by atoms with van der Waals surface area (Å²) in [6.45, 7) is -0.727. The number of anilines is 1. The summed E-state index contributed by atoms with van der Waals surface area (Å²) >= 11 is 0. The fourth-order valence-electron chi connectivity index (χ4n) is 4.47. The van der Waals surface area contributed by atoms with Crippen molar-refractivity contribution in [3.05, 3.63) is 76.6 Å². The van der Waals surface area contributed by atoms with E-state index in [1.807, 2.05) is 0 Å². The SMILES string of the molecule is Nc1ncc(C2CCC(O)CC2)nc1-c1ccc(C(=O)NC(CO)c2cc(F)cc(C(F)F)c2)c(F)c1. The average molecular weight is 519 g/mol. The molecule has 4 rings (SSSR count). The highest BCUT2D eigenvalue weighted by Gasteiger charge is 2.24. The number of halogens is 4. The Morgan fingerprint density at radius 3 is 2.43 bits per heavy atom. The van der Waals surface area contributed by atoms with Crippen LogP contribution in [0.2, 0.25) is 0 Å². The monoisotopic (exact) mass is 518 g/mol. The van der Waals surface area contributed by atoms with Crippen molar-refractivity contribution in [1.29, 1.82) is 0 Å². The summed E-state index contributed by atoms with van der Waals surface area (Å²) in [5.74, 6) is -2.63. The van der Waals surface area contributed by atoms with Gasteiger partial charge in [-0.15, -0.1) is 0 Å². The molecule has 5 N–H and O–H groups in total. The summed E-state index contributed by atoms with van der Waals surface area (Å²) in [5, 5.41) is 21.8. The molecule has 1 unspecified atom stereocenters. The van der Waals surface area contributed by atoms with Crippen LogP contribution in [0.15, 0.2) is 42.6 Å². The first-order chi connectivity index (χ1) is 17.7. The van der Waals surface area contributed by atoms with Crippen molar-refractivity contribution in [2.24, 2.45) is 0 Å². The lowest BCUT2D eigenvalue weighted by Crippen LogP contribution is -2.31. The van der Waals surface area contributed by atoms with Gasteiger partial charge in [0.05, 0.1) is 36.2 Å². The number of nitrogens with two attached hydrogens (primary N) is 1. The number of nitrogens with one attached hydrogen (secondary N) is 1. The van der Waals surface area contributed by atoms with E-state index in [-0.39, 0.29) is 34.7 Å². The quantitative estimate of drug-likeness (QED) is 0.344. The second-order valence-corrected chi connectivity index (χ2v) is 9.06. The second kappa shape index (κ2) is 11.2. The van der Waals surface area contributed by atoms with Gasteiger partial charge in [0.25, 0.3) is 12.3 Å². The van der Waals surface area contributed by atoms with Crippen LogP contribution in [0, 0.1) is 11.6 Å². The first kappa shape index (κ1) is 26.5. The number of aliphatic hydroxyl groups is 2. The molecule has 1 amide bonds. The molecular weight excluding hydrogens is 492 g/mol. The predicted octanol–water partition coefficient (Wildman–Crippen LogP) is 4.42. The van der Waals surface area contributed by atoms with Gasteiger partial charge in [0.1, 0.15) is 23.1 Å². The van der Waals surface area contributed by atoms with Crippen LogP contribution >= 0.6 is 0 Å². The van der Waals surface area contributed by atoms with Gasteiger partial charge in [0, 0.05) is 17.0 Å². The maximum absolute atomic E-state index is 15.0. The number of hydrogen-bond donors (Lipinski definition) is 4. The number of carbonyl (C=O) groups excluding carboxylic acids is 1. The third-order valence-corrected chi connectivity index (χ3v) is 6.51. The van der Waals surface area contributed by atoms with E-state index in [0.717, 1.165) is 31.0 Å². The normalized spacial score (nSPS) is 18.6. The van der Waals surface area contributed by atoms with Gasteiger partial charge in [-0.25, -0.2) is 27.5 Å². The Kier molecular flexibility index (Phi) is 8.03. The predicted molar refractivity (Wildman–Crippen MR) is 128 cm³/mol. The summed E-state index contributed by atoms with van der Waals surface area (Å²) in [5.41, 5.74) is 6.15. The van der Waals surface area contributed by atoms with Gasteiger partial charge in [0.2, 0.25) is 0 Å². The van der Waals surface area contributed by atoms with Crippen LogP contribution in [0.1, 0.15) is 71.2 Å². The number of aromatic nitrogens is 2. The highest BCUT2D eigenvalue weighted by Crippen LogP contribution is 2.34. The summed E-state index contributed by atoms with van der Waals surface area (Å²) in [4.78, 5) is 21.5. The molecule has 11 heteroatoms. The van der Waals surface area contributed by atoms with E-state index in [9.17, 15) is 28.2 Å². The largest absolute Gasteiger partial charge is 0.394 e. The van der Waals surface area contributed by atoms with Crippen LogP contribution in [-0.4, -0.2) is 38.8 Å². The zero-order valence-electron chi connectivity index (χ0n) is 19.7. The Bertz CT molecular complexity index is 1280. The number of benzene rings is 2. The molecular formula is C26H26F4N4O3. The Balaban J connectivity index is 1.55. The lowest BCUT2D eigenvalue weighted by molar-refractivity contribution is 0.0911. The van der Waals surface area contributed by atoms with Crippen molar-refractivity contribution < 1.29 is 32.6 Å². The molecule has 1 aromatic heterocycles. The Labute approximate surface area is 210 Å². The summed E-state index contributed by atoms with van der Waals surface area (Å²) < 4.78 is 54.9. The van der Waals surface area contributed by atoms with E-state index in [1.165, 1.54) is 12.1 Å². The number of aliphatic hydroxyl groups excluding tert-OH is 2. The molecule has 0 bridgehead atoms. The van der Waals surface area contributed by atoms with E-state index in [4.69, 9.17) is 5.73 Å². The topological polar surface area (TPSA) is 121 Å². The van der Waals surface area contributed by atoms with Crippen molar-refractivity contribution in [1.82, 2.24) is 15.3 Å².